The van der Waals surface area contributed by atoms with Gasteiger partial charge in [0.2, 0.25) is 11.3 Å². The second-order valence-corrected chi connectivity index (χ2v) is 5.26. The van der Waals surface area contributed by atoms with Crippen molar-refractivity contribution in [1.29, 1.82) is 0 Å². The SMILES string of the molecule is CC(C)(C)c1cccc2oc(N)c(C=O)c(=O)c12. The smallest absolute Gasteiger partial charge is 0.205 e. The summed E-state index contributed by atoms with van der Waals surface area (Å²) in [6.45, 7) is 5.99. The lowest BCUT2D eigenvalue weighted by molar-refractivity contribution is 0.112. The first-order valence-electron chi connectivity index (χ1n) is 5.67. The summed E-state index contributed by atoms with van der Waals surface area (Å²) in [4.78, 5) is 23.2. The average Bonchev–Trinajstić information content (AvgIpc) is 2.27. The number of aldehydes is 1. The summed E-state index contributed by atoms with van der Waals surface area (Å²) in [6.07, 6.45) is 0.444. The first-order chi connectivity index (χ1) is 8.36. The van der Waals surface area contributed by atoms with Crippen LogP contribution in [0.15, 0.2) is 27.4 Å². The molecule has 94 valence electrons. The van der Waals surface area contributed by atoms with Crippen molar-refractivity contribution in [2.45, 2.75) is 26.2 Å². The molecule has 18 heavy (non-hydrogen) atoms. The zero-order chi connectivity index (χ0) is 13.5. The van der Waals surface area contributed by atoms with E-state index in [0.717, 1.165) is 5.56 Å². The van der Waals surface area contributed by atoms with Gasteiger partial charge in [0.05, 0.1) is 5.39 Å². The van der Waals surface area contributed by atoms with Crippen LogP contribution in [-0.4, -0.2) is 6.29 Å². The Bertz CT molecular complexity index is 678. The van der Waals surface area contributed by atoms with Gasteiger partial charge in [0.25, 0.3) is 0 Å². The summed E-state index contributed by atoms with van der Waals surface area (Å²) in [5.74, 6) is -0.131. The maximum atomic E-state index is 12.3. The minimum absolute atomic E-state index is 0.112. The van der Waals surface area contributed by atoms with Crippen LogP contribution in [0, 0.1) is 0 Å². The van der Waals surface area contributed by atoms with Crippen molar-refractivity contribution in [3.63, 3.8) is 0 Å². The Labute approximate surface area is 104 Å². The fourth-order valence-electron chi connectivity index (χ4n) is 2.01. The lowest BCUT2D eigenvalue weighted by Crippen LogP contribution is -2.19. The predicted molar refractivity (Wildman–Crippen MR) is 71.0 cm³/mol. The second-order valence-electron chi connectivity index (χ2n) is 5.26. The molecule has 0 radical (unpaired) electrons. The fourth-order valence-corrected chi connectivity index (χ4v) is 2.01. The first kappa shape index (κ1) is 12.4. The van der Waals surface area contributed by atoms with E-state index in [1.54, 1.807) is 6.07 Å². The van der Waals surface area contributed by atoms with E-state index in [9.17, 15) is 9.59 Å². The molecule has 0 saturated carbocycles. The summed E-state index contributed by atoms with van der Waals surface area (Å²) in [7, 11) is 0. The molecule has 0 aliphatic heterocycles. The molecule has 0 spiro atoms. The van der Waals surface area contributed by atoms with E-state index in [0.29, 0.717) is 17.3 Å². The Morgan fingerprint density at radius 2 is 1.94 bits per heavy atom. The molecule has 2 aromatic rings. The van der Waals surface area contributed by atoms with Crippen molar-refractivity contribution in [3.8, 4) is 0 Å². The van der Waals surface area contributed by atoms with Crippen LogP contribution >= 0.6 is 0 Å². The van der Waals surface area contributed by atoms with Crippen LogP contribution in [-0.2, 0) is 5.41 Å². The molecular formula is C14H15NO3. The van der Waals surface area contributed by atoms with E-state index in [2.05, 4.69) is 0 Å². The average molecular weight is 245 g/mol. The third-order valence-corrected chi connectivity index (χ3v) is 2.91. The van der Waals surface area contributed by atoms with Crippen molar-refractivity contribution in [2.24, 2.45) is 0 Å². The Balaban J connectivity index is 3.02. The molecule has 0 bridgehead atoms. The highest BCUT2D eigenvalue weighted by atomic mass is 16.3. The Kier molecular flexibility index (Phi) is 2.73. The lowest BCUT2D eigenvalue weighted by Gasteiger charge is -2.20. The lowest BCUT2D eigenvalue weighted by atomic mass is 9.84. The van der Waals surface area contributed by atoms with E-state index >= 15 is 0 Å². The number of benzene rings is 1. The topological polar surface area (TPSA) is 73.3 Å². The van der Waals surface area contributed by atoms with E-state index in [4.69, 9.17) is 10.2 Å². The molecule has 0 amide bonds. The number of hydrogen-bond donors (Lipinski definition) is 1. The van der Waals surface area contributed by atoms with Gasteiger partial charge in [0, 0.05) is 0 Å². The third-order valence-electron chi connectivity index (χ3n) is 2.91. The molecule has 2 rings (SSSR count). The van der Waals surface area contributed by atoms with Gasteiger partial charge in [-0.25, -0.2) is 0 Å². The van der Waals surface area contributed by atoms with Crippen molar-refractivity contribution < 1.29 is 9.21 Å². The maximum Gasteiger partial charge on any atom is 0.205 e. The molecule has 0 aliphatic carbocycles. The summed E-state index contributed by atoms with van der Waals surface area (Å²) in [5, 5.41) is 0.432. The van der Waals surface area contributed by atoms with Gasteiger partial charge >= 0.3 is 0 Å². The highest BCUT2D eigenvalue weighted by molar-refractivity contribution is 5.90. The molecule has 1 heterocycles. The standard InChI is InChI=1S/C14H15NO3/c1-14(2,3)9-5-4-6-10-11(9)12(17)8(7-16)13(15)18-10/h4-7H,15H2,1-3H3. The van der Waals surface area contributed by atoms with Crippen LogP contribution in [0.25, 0.3) is 11.0 Å². The minimum Gasteiger partial charge on any atom is -0.440 e. The second kappa shape index (κ2) is 3.98. The molecule has 0 saturated heterocycles. The van der Waals surface area contributed by atoms with E-state index < -0.39 is 0 Å². The molecule has 4 heteroatoms. The first-order valence-corrected chi connectivity index (χ1v) is 5.67. The van der Waals surface area contributed by atoms with Gasteiger partial charge in [-0.1, -0.05) is 32.9 Å². The van der Waals surface area contributed by atoms with Crippen LogP contribution in [0.1, 0.15) is 36.7 Å². The van der Waals surface area contributed by atoms with Gasteiger partial charge in [-0.2, -0.15) is 0 Å². The number of nitrogen functional groups attached to an aromatic ring is 1. The largest absolute Gasteiger partial charge is 0.440 e. The molecule has 4 nitrogen and oxygen atoms in total. The number of rotatable bonds is 1. The van der Waals surface area contributed by atoms with Gasteiger partial charge < -0.3 is 10.2 Å². The normalized spacial score (nSPS) is 11.7. The van der Waals surface area contributed by atoms with Crippen molar-refractivity contribution in [2.75, 3.05) is 5.73 Å². The summed E-state index contributed by atoms with van der Waals surface area (Å²) < 4.78 is 5.35. The Morgan fingerprint density at radius 1 is 1.28 bits per heavy atom. The Morgan fingerprint density at radius 3 is 2.50 bits per heavy atom. The number of anilines is 1. The molecule has 0 aliphatic rings. The van der Waals surface area contributed by atoms with Crippen LogP contribution < -0.4 is 11.2 Å². The zero-order valence-corrected chi connectivity index (χ0v) is 10.6. The molecule has 1 aromatic carbocycles. The van der Waals surface area contributed by atoms with Gasteiger partial charge in [0.1, 0.15) is 11.1 Å². The molecule has 2 N–H and O–H groups in total. The molecule has 0 unspecified atom stereocenters. The van der Waals surface area contributed by atoms with Crippen LogP contribution in [0.5, 0.6) is 0 Å². The zero-order valence-electron chi connectivity index (χ0n) is 10.6. The number of fused-ring (bicyclic) bond motifs is 1. The highest BCUT2D eigenvalue weighted by Gasteiger charge is 2.21. The Hall–Kier alpha value is -2.10. The number of carbonyl (C=O) groups excluding carboxylic acids is 1. The van der Waals surface area contributed by atoms with Crippen LogP contribution in [0.2, 0.25) is 0 Å². The fraction of sp³-hybridized carbons (Fsp3) is 0.286. The van der Waals surface area contributed by atoms with Crippen molar-refractivity contribution >= 4 is 23.1 Å². The summed E-state index contributed by atoms with van der Waals surface area (Å²) >= 11 is 0. The van der Waals surface area contributed by atoms with Gasteiger partial charge in [-0.05, 0) is 17.0 Å². The minimum atomic E-state index is -0.366. The van der Waals surface area contributed by atoms with E-state index in [1.165, 1.54) is 0 Å². The van der Waals surface area contributed by atoms with Crippen LogP contribution in [0.3, 0.4) is 0 Å². The number of carbonyl (C=O) groups is 1. The van der Waals surface area contributed by atoms with Gasteiger partial charge in [0.15, 0.2) is 6.29 Å². The van der Waals surface area contributed by atoms with E-state index in [-0.39, 0.29) is 22.3 Å². The molecule has 1 aromatic heterocycles. The van der Waals surface area contributed by atoms with Crippen LogP contribution in [0.4, 0.5) is 5.88 Å². The van der Waals surface area contributed by atoms with Gasteiger partial charge in [-0.3, -0.25) is 9.59 Å². The van der Waals surface area contributed by atoms with Crippen molar-refractivity contribution in [3.05, 3.63) is 39.5 Å². The molecule has 0 fully saturated rings. The van der Waals surface area contributed by atoms with Gasteiger partial charge in [-0.15, -0.1) is 0 Å². The third kappa shape index (κ3) is 1.79. The molecular weight excluding hydrogens is 230 g/mol. The number of nitrogens with two attached hydrogens (primary N) is 1. The highest BCUT2D eigenvalue weighted by Crippen LogP contribution is 2.29. The maximum absolute atomic E-state index is 12.3. The quantitative estimate of drug-likeness (QED) is 0.783. The summed E-state index contributed by atoms with van der Waals surface area (Å²) in [6, 6.07) is 5.35. The van der Waals surface area contributed by atoms with E-state index in [1.807, 2.05) is 32.9 Å². The molecule has 0 atom stereocenters. The summed E-state index contributed by atoms with van der Waals surface area (Å²) in [5.41, 5.74) is 6.12. The van der Waals surface area contributed by atoms with Crippen molar-refractivity contribution in [1.82, 2.24) is 0 Å². The predicted octanol–water partition coefficient (Wildman–Crippen LogP) is 2.49. The number of hydrogen-bond acceptors (Lipinski definition) is 4. The monoisotopic (exact) mass is 245 g/mol.